The van der Waals surface area contributed by atoms with Crippen molar-refractivity contribution in [1.29, 1.82) is 0 Å². The van der Waals surface area contributed by atoms with E-state index in [0.29, 0.717) is 17.5 Å². The monoisotopic (exact) mass is 1860 g/mol. The lowest BCUT2D eigenvalue weighted by Crippen LogP contribution is -2.55. The van der Waals surface area contributed by atoms with Gasteiger partial charge in [-0.2, -0.15) is 0 Å². The van der Waals surface area contributed by atoms with E-state index in [1.54, 1.807) is 140 Å². The lowest BCUT2D eigenvalue weighted by molar-refractivity contribution is -0.161. The number of ether oxygens (including phenoxy) is 7. The average Bonchev–Trinajstić information content (AvgIpc) is 1.67. The van der Waals surface area contributed by atoms with Crippen molar-refractivity contribution in [2.24, 2.45) is 35.5 Å². The van der Waals surface area contributed by atoms with Crippen molar-refractivity contribution in [2.45, 2.75) is 255 Å². The SMILES string of the molecule is CC(C)(C)OC(=O)C1CC2CCC1C2.CCC(C)(C)Oc1ccc([Si](OC)(OC)OC)c(C)c1.CCOC(C)OCC1CC2CCC1C2.CO[Si](C)(OC)OC.CO[Si](C)(OC)OC.CO[Si](CCc1ccc(C(=O)OC(C)(C)C)cc1)(OC)OC.CO[Si](CCc1ccc(OC(C)(C)C)cc1)(OC)OC.CO[Si](OC)(OC)c1ccc(OC(C)(C)C)cc1. The van der Waals surface area contributed by atoms with Crippen molar-refractivity contribution in [3.05, 3.63) is 113 Å². The molecule has 4 fully saturated rings. The first-order valence-electron chi connectivity index (χ1n) is 43.0. The van der Waals surface area contributed by atoms with Gasteiger partial charge in [-0.3, -0.25) is 4.79 Å². The molecule has 4 aromatic carbocycles. The van der Waals surface area contributed by atoms with Crippen LogP contribution in [0.25, 0.3) is 0 Å². The summed E-state index contributed by atoms with van der Waals surface area (Å²) in [6.45, 7) is 41.1. The van der Waals surface area contributed by atoms with Crippen LogP contribution < -0.4 is 24.6 Å². The molecule has 33 heteroatoms. The summed E-state index contributed by atoms with van der Waals surface area (Å²) in [5.41, 5.74) is 2.54. The largest absolute Gasteiger partial charge is 0.536 e. The van der Waals surface area contributed by atoms with Crippen LogP contribution in [0.2, 0.25) is 25.2 Å². The number of carbonyl (C=O) groups is 2. The van der Waals surface area contributed by atoms with E-state index >= 15 is 0 Å². The Bertz CT molecular complexity index is 3440. The summed E-state index contributed by atoms with van der Waals surface area (Å²) in [5, 5.41) is 1.88. The summed E-state index contributed by atoms with van der Waals surface area (Å²) in [5.74, 6) is 6.77. The third-order valence-electron chi connectivity index (χ3n) is 21.8. The molecule has 0 spiro atoms. The number of aryl methyl sites for hydroxylation is 3. The molecular formula is C91H166O27Si6. The fraction of sp³-hybridized carbons (Fsp3) is 0.714. The zero-order valence-corrected chi connectivity index (χ0v) is 89.3. The summed E-state index contributed by atoms with van der Waals surface area (Å²) in [6, 6.07) is 30.5. The first kappa shape index (κ1) is 118. The molecule has 0 heterocycles. The van der Waals surface area contributed by atoms with Crippen molar-refractivity contribution in [2.75, 3.05) is 141 Å². The van der Waals surface area contributed by atoms with Crippen LogP contribution in [0.5, 0.6) is 17.2 Å². The maximum atomic E-state index is 12.0. The molecule has 27 nitrogen and oxygen atoms in total. The Morgan fingerprint density at radius 1 is 0.403 bits per heavy atom. The van der Waals surface area contributed by atoms with Gasteiger partial charge in [-0.25, -0.2) is 4.79 Å². The zero-order chi connectivity index (χ0) is 94.8. The van der Waals surface area contributed by atoms with Gasteiger partial charge in [0.05, 0.1) is 18.1 Å². The minimum Gasteiger partial charge on any atom is -0.488 e. The van der Waals surface area contributed by atoms with E-state index in [4.69, 9.17) is 113 Å². The number of fused-ring (bicyclic) bond motifs is 4. The van der Waals surface area contributed by atoms with E-state index in [9.17, 15) is 9.59 Å². The summed E-state index contributed by atoms with van der Waals surface area (Å²) in [4.78, 5) is 23.8. The molecule has 8 rings (SSSR count). The van der Waals surface area contributed by atoms with Gasteiger partial charge < -0.3 is 113 Å². The van der Waals surface area contributed by atoms with E-state index in [1.165, 1.54) is 50.5 Å². The first-order valence-corrected chi connectivity index (χ1v) is 54.8. The fourth-order valence-corrected chi connectivity index (χ4v) is 22.4. The molecule has 0 aliphatic heterocycles. The lowest BCUT2D eigenvalue weighted by Gasteiger charge is -2.28. The van der Waals surface area contributed by atoms with E-state index in [2.05, 4.69) is 32.9 Å². The minimum atomic E-state index is -2.78. The predicted octanol–water partition coefficient (Wildman–Crippen LogP) is 17.5. The Balaban J connectivity index is 0.000000721. The Kier molecular flexibility index (Phi) is 53.6. The van der Waals surface area contributed by atoms with Crippen LogP contribution in [-0.2, 0) is 116 Å². The molecular weight excluding hydrogens is 1690 g/mol. The van der Waals surface area contributed by atoms with E-state index < -0.39 is 58.4 Å². The van der Waals surface area contributed by atoms with Crippen LogP contribution in [0.1, 0.15) is 203 Å². The topological polar surface area (TPSA) is 265 Å². The molecule has 0 amide bonds. The van der Waals surface area contributed by atoms with Gasteiger partial charge in [0.1, 0.15) is 45.3 Å². The number of hydrogen-bond acceptors (Lipinski definition) is 27. The Labute approximate surface area is 755 Å². The highest BCUT2D eigenvalue weighted by atomic mass is 28.4. The smallest absolute Gasteiger partial charge is 0.488 e. The summed E-state index contributed by atoms with van der Waals surface area (Å²) in [6.07, 6.45) is 13.3. The van der Waals surface area contributed by atoms with Gasteiger partial charge in [-0.05, 0) is 270 Å². The predicted molar refractivity (Wildman–Crippen MR) is 501 cm³/mol. The van der Waals surface area contributed by atoms with Crippen molar-refractivity contribution in [3.8, 4) is 17.2 Å². The molecule has 4 aliphatic rings. The molecule has 716 valence electrons. The minimum absolute atomic E-state index is 0.0147. The zero-order valence-electron chi connectivity index (χ0n) is 83.3. The third kappa shape index (κ3) is 42.3. The second-order valence-corrected chi connectivity index (χ2v) is 53.3. The number of rotatable bonds is 38. The molecule has 4 bridgehead atoms. The standard InChI is InChI=1S/C16H26O5Si.2C15H26O4Si.C13H22O4Si.C12H20O2.C12H22O2.2C4H12O3Si/c1-16(2,3)21-15(17)14-9-7-13(8-10-14)11-12-22(18-4,19-5)20-6;1-15(2,3)19-14-9-7-13(8-10-14)11-12-20(16-4,17-5)18-6;1-8-15(3,4)19-13-9-10-14(12(2)11-13)20(16-5,17-6)18-7;1-13(2,3)17-11-7-9-12(10-8-11)18(14-4,15-5)16-6;1-12(2,3)14-11(13)10-7-8-4-5-9(10)6-8;1-3-13-9(2)14-8-12-7-10-4-5-11(12)6-10;2*1-5-8(4,6-2)7-3/h7-10H,11-12H2,1-6H3;7-10H,11-12H2,1-6H3;9-11H,8H2,1-7H3;7-10H,1-6H3;8-10H,4-7H2,1-3H3;9-12H,3-8H2,1-2H3;2*1-4H3. The first-order chi connectivity index (χ1) is 57.9. The van der Waals surface area contributed by atoms with Gasteiger partial charge in [0.25, 0.3) is 0 Å². The van der Waals surface area contributed by atoms with Crippen molar-refractivity contribution >= 4 is 75.1 Å². The van der Waals surface area contributed by atoms with Crippen molar-refractivity contribution in [3.63, 3.8) is 0 Å². The quantitative estimate of drug-likeness (QED) is 0.0229. The van der Waals surface area contributed by atoms with Crippen molar-refractivity contribution in [1.82, 2.24) is 0 Å². The van der Waals surface area contributed by atoms with Gasteiger partial charge in [0.2, 0.25) is 0 Å². The number of esters is 2. The number of benzene rings is 4. The Morgan fingerprint density at radius 2 is 0.782 bits per heavy atom. The van der Waals surface area contributed by atoms with Crippen LogP contribution in [0, 0.1) is 42.4 Å². The summed E-state index contributed by atoms with van der Waals surface area (Å²) in [7, 11) is 13.9. The van der Waals surface area contributed by atoms with Crippen molar-refractivity contribution < 1.29 is 122 Å². The maximum Gasteiger partial charge on any atom is 0.536 e. The van der Waals surface area contributed by atoms with Gasteiger partial charge in [-0.1, -0.05) is 62.2 Å². The molecule has 124 heavy (non-hydrogen) atoms. The fourth-order valence-electron chi connectivity index (χ4n) is 14.2. The second-order valence-electron chi connectivity index (χ2n) is 35.5. The molecule has 0 radical (unpaired) electrons. The van der Waals surface area contributed by atoms with Crippen LogP contribution in [-0.4, -0.2) is 240 Å². The molecule has 4 aromatic rings. The van der Waals surface area contributed by atoms with Gasteiger partial charge in [-0.15, -0.1) is 0 Å². The summed E-state index contributed by atoms with van der Waals surface area (Å²) < 4.78 is 134. The summed E-state index contributed by atoms with van der Waals surface area (Å²) >= 11 is 0. The van der Waals surface area contributed by atoms with Crippen LogP contribution >= 0.6 is 0 Å². The Hall–Kier alpha value is -4.28. The molecule has 0 N–H and O–H groups in total. The molecule has 4 saturated carbocycles. The lowest BCUT2D eigenvalue weighted by atomic mass is 9.89. The van der Waals surface area contributed by atoms with E-state index in [1.807, 2.05) is 184 Å². The van der Waals surface area contributed by atoms with Gasteiger partial charge in [0.15, 0.2) is 6.29 Å². The van der Waals surface area contributed by atoms with E-state index in [0.717, 1.165) is 107 Å². The molecule has 0 aromatic heterocycles. The van der Waals surface area contributed by atoms with E-state index in [-0.39, 0.29) is 46.6 Å². The highest BCUT2D eigenvalue weighted by Crippen LogP contribution is 2.50. The number of carbonyl (C=O) groups excluding carboxylic acids is 2. The second kappa shape index (κ2) is 56.4. The van der Waals surface area contributed by atoms with Crippen LogP contribution in [0.3, 0.4) is 0 Å². The Morgan fingerprint density at radius 3 is 1.09 bits per heavy atom. The molecule has 7 unspecified atom stereocenters. The van der Waals surface area contributed by atoms with Gasteiger partial charge >= 0.3 is 64.8 Å². The van der Waals surface area contributed by atoms with Gasteiger partial charge in [0, 0.05) is 170 Å². The number of hydrogen-bond donors (Lipinski definition) is 0. The third-order valence-corrected chi connectivity index (χ3v) is 37.2. The average molecular weight is 1860 g/mol. The van der Waals surface area contributed by atoms with Crippen LogP contribution in [0.4, 0.5) is 0 Å². The highest BCUT2D eigenvalue weighted by molar-refractivity contribution is 6.76. The molecule has 0 saturated heterocycles. The highest BCUT2D eigenvalue weighted by Gasteiger charge is 2.47. The molecule has 7 atom stereocenters. The van der Waals surface area contributed by atoms with Crippen LogP contribution in [0.15, 0.2) is 91.0 Å². The molecule has 4 aliphatic carbocycles. The maximum absolute atomic E-state index is 12.0. The normalized spacial score (nSPS) is 17.9.